The zero-order valence-electron chi connectivity index (χ0n) is 20.4. The summed E-state index contributed by atoms with van der Waals surface area (Å²) in [5.41, 5.74) is 0.193. The number of hydrogen-bond donors (Lipinski definition) is 0. The third-order valence-electron chi connectivity index (χ3n) is 6.03. The van der Waals surface area contributed by atoms with Gasteiger partial charge in [-0.1, -0.05) is 103 Å². The number of methoxy groups -OCH3 is 2. The normalized spacial score (nSPS) is 14.9. The summed E-state index contributed by atoms with van der Waals surface area (Å²) in [4.78, 5) is 52.6. The van der Waals surface area contributed by atoms with Gasteiger partial charge in [-0.25, -0.2) is 4.79 Å². The van der Waals surface area contributed by atoms with Crippen LogP contribution in [0.3, 0.4) is 0 Å². The lowest BCUT2D eigenvalue weighted by Gasteiger charge is -2.44. The summed E-state index contributed by atoms with van der Waals surface area (Å²) in [5.74, 6) is -1.61. The maximum absolute atomic E-state index is 13.7. The smallest absolute Gasteiger partial charge is 0.355 e. The van der Waals surface area contributed by atoms with E-state index in [1.165, 1.54) is 19.1 Å². The molecular formula is C28H26NO6PS. The molecule has 1 aliphatic rings. The number of nitrogens with zero attached hydrogens (tertiary/aromatic N) is 1. The number of thioether (sulfide) groups is 1. The Bertz CT molecular complexity index is 1260. The van der Waals surface area contributed by atoms with Crippen LogP contribution in [-0.4, -0.2) is 52.9 Å². The zero-order valence-corrected chi connectivity index (χ0v) is 22.1. The topological polar surface area (TPSA) is 90.0 Å². The van der Waals surface area contributed by atoms with Gasteiger partial charge < -0.3 is 9.47 Å². The molecule has 0 unspecified atom stereocenters. The number of carbonyl (C=O) groups excluding carboxylic acids is 4. The predicted octanol–water partition coefficient (Wildman–Crippen LogP) is 2.66. The van der Waals surface area contributed by atoms with Crippen molar-refractivity contribution in [3.05, 3.63) is 91.0 Å². The molecule has 1 atom stereocenters. The number of benzene rings is 3. The van der Waals surface area contributed by atoms with Crippen LogP contribution in [0.1, 0.15) is 12.8 Å². The maximum Gasteiger partial charge on any atom is 0.355 e. The van der Waals surface area contributed by atoms with Crippen LogP contribution in [0.15, 0.2) is 91.0 Å². The second kappa shape index (κ2) is 11.6. The minimum atomic E-state index is -2.98. The molecule has 0 saturated carbocycles. The Morgan fingerprint density at radius 1 is 0.811 bits per heavy atom. The number of esters is 2. The van der Waals surface area contributed by atoms with Crippen LogP contribution in [0.4, 0.5) is 0 Å². The highest BCUT2D eigenvalue weighted by atomic mass is 32.2. The van der Waals surface area contributed by atoms with E-state index in [0.717, 1.165) is 27.7 Å². The van der Waals surface area contributed by atoms with Crippen LogP contribution in [0, 0.1) is 0 Å². The van der Waals surface area contributed by atoms with E-state index in [9.17, 15) is 19.2 Å². The molecule has 0 radical (unpaired) electrons. The number of β-lactam (4-membered cyclic amide) rings is 1. The predicted molar refractivity (Wildman–Crippen MR) is 147 cm³/mol. The highest BCUT2D eigenvalue weighted by molar-refractivity contribution is 8.14. The van der Waals surface area contributed by atoms with E-state index < -0.39 is 35.7 Å². The lowest BCUT2D eigenvalue weighted by molar-refractivity contribution is -0.142. The van der Waals surface area contributed by atoms with Gasteiger partial charge in [-0.3, -0.25) is 19.3 Å². The fraction of sp³-hybridized carbons (Fsp3) is 0.179. The number of ether oxygens (including phenoxy) is 2. The molecule has 4 rings (SSSR count). The molecule has 0 N–H and O–H groups in total. The maximum atomic E-state index is 13.7. The van der Waals surface area contributed by atoms with E-state index in [1.807, 2.05) is 91.0 Å². The van der Waals surface area contributed by atoms with Crippen LogP contribution >= 0.6 is 18.6 Å². The molecule has 37 heavy (non-hydrogen) atoms. The molecule has 1 saturated heterocycles. The fourth-order valence-electron chi connectivity index (χ4n) is 4.38. The van der Waals surface area contributed by atoms with Crippen molar-refractivity contribution < 1.29 is 28.7 Å². The number of rotatable bonds is 8. The molecule has 1 heterocycles. The summed E-state index contributed by atoms with van der Waals surface area (Å²) in [6.45, 7) is -2.98. The molecule has 3 aromatic carbocycles. The number of carbonyl (C=O) groups is 4. The van der Waals surface area contributed by atoms with E-state index in [-0.39, 0.29) is 17.7 Å². The SMILES string of the molecule is COC(=O)CC(=O)S[C@H]1CC(=O)N1C(C(=O)OC)=P(c1ccccc1)(c1ccccc1)c1ccccc1. The Kier molecular flexibility index (Phi) is 8.31. The van der Waals surface area contributed by atoms with Gasteiger partial charge in [0.2, 0.25) is 11.0 Å². The quantitative estimate of drug-likeness (QED) is 0.190. The van der Waals surface area contributed by atoms with Gasteiger partial charge in [0, 0.05) is 6.89 Å². The summed E-state index contributed by atoms with van der Waals surface area (Å²) < 4.78 is 9.92. The Hall–Kier alpha value is -3.61. The molecule has 0 spiro atoms. The van der Waals surface area contributed by atoms with Gasteiger partial charge in [0.15, 0.2) is 0 Å². The lowest BCUT2D eigenvalue weighted by Crippen LogP contribution is -2.58. The number of amides is 1. The molecule has 9 heteroatoms. The summed E-state index contributed by atoms with van der Waals surface area (Å²) in [7, 11) is 2.49. The average molecular weight is 536 g/mol. The third-order valence-corrected chi connectivity index (χ3v) is 11.3. The molecule has 0 aliphatic carbocycles. The minimum Gasteiger partial charge on any atom is -0.469 e. The molecule has 190 valence electrons. The average Bonchev–Trinajstić information content (AvgIpc) is 2.93. The first-order valence-corrected chi connectivity index (χ1v) is 14.2. The van der Waals surface area contributed by atoms with Gasteiger partial charge in [-0.2, -0.15) is 0 Å². The first-order chi connectivity index (χ1) is 17.9. The van der Waals surface area contributed by atoms with E-state index in [4.69, 9.17) is 4.74 Å². The van der Waals surface area contributed by atoms with E-state index in [0.29, 0.717) is 0 Å². The first kappa shape index (κ1) is 26.5. The molecule has 0 aromatic heterocycles. The number of hydrogen-bond acceptors (Lipinski definition) is 7. The molecule has 1 fully saturated rings. The van der Waals surface area contributed by atoms with Gasteiger partial charge in [-0.05, 0) is 15.9 Å². The third kappa shape index (κ3) is 5.13. The molecule has 7 nitrogen and oxygen atoms in total. The summed E-state index contributed by atoms with van der Waals surface area (Å²) in [6, 6.07) is 28.8. The first-order valence-electron chi connectivity index (χ1n) is 11.5. The summed E-state index contributed by atoms with van der Waals surface area (Å²) in [5, 5.41) is 1.47. The standard InChI is InChI=1S/C28H26NO6PS/c1-34-25(31)19-26(32)37-24-18-23(30)29(24)27(28(33)35-2)36(20-12-6-3-7-13-20,21-14-8-4-9-15-21)22-16-10-5-11-17-22/h3-17,24H,18-19H2,1-2H3/t24-/m0/s1. The highest BCUT2D eigenvalue weighted by Gasteiger charge is 2.48. The van der Waals surface area contributed by atoms with E-state index >= 15 is 0 Å². The van der Waals surface area contributed by atoms with Crippen LogP contribution in [0.5, 0.6) is 0 Å². The largest absolute Gasteiger partial charge is 0.469 e. The monoisotopic (exact) mass is 535 g/mol. The Labute approximate surface area is 219 Å². The van der Waals surface area contributed by atoms with Crippen molar-refractivity contribution in [3.63, 3.8) is 0 Å². The molecular weight excluding hydrogens is 509 g/mol. The Morgan fingerprint density at radius 2 is 1.27 bits per heavy atom. The molecule has 1 aliphatic heterocycles. The van der Waals surface area contributed by atoms with Crippen molar-refractivity contribution in [2.45, 2.75) is 18.2 Å². The van der Waals surface area contributed by atoms with Gasteiger partial charge in [0.25, 0.3) is 0 Å². The van der Waals surface area contributed by atoms with Crippen LogP contribution in [-0.2, 0) is 28.7 Å². The molecule has 0 bridgehead atoms. The van der Waals surface area contributed by atoms with Crippen molar-refractivity contribution in [2.24, 2.45) is 0 Å². The van der Waals surface area contributed by atoms with Gasteiger partial charge in [0.1, 0.15) is 11.8 Å². The van der Waals surface area contributed by atoms with Crippen LogP contribution in [0.25, 0.3) is 0 Å². The van der Waals surface area contributed by atoms with Crippen molar-refractivity contribution in [3.8, 4) is 0 Å². The molecule has 3 aromatic rings. The van der Waals surface area contributed by atoms with Crippen molar-refractivity contribution in [1.82, 2.24) is 4.90 Å². The molecule has 1 amide bonds. The fourth-order valence-corrected chi connectivity index (χ4v) is 9.94. The summed E-state index contributed by atoms with van der Waals surface area (Å²) >= 11 is 0.854. The van der Waals surface area contributed by atoms with Gasteiger partial charge in [-0.15, -0.1) is 0 Å². The van der Waals surface area contributed by atoms with Crippen molar-refractivity contribution in [2.75, 3.05) is 14.2 Å². The zero-order chi connectivity index (χ0) is 26.4. The second-order valence-corrected chi connectivity index (χ2v) is 12.7. The van der Waals surface area contributed by atoms with Crippen LogP contribution < -0.4 is 15.9 Å². The number of likely N-dealkylation sites (tertiary alicyclic amines) is 1. The Balaban J connectivity index is 2.05. The van der Waals surface area contributed by atoms with Crippen molar-refractivity contribution >= 4 is 62.9 Å². The second-order valence-electron chi connectivity index (χ2n) is 8.16. The van der Waals surface area contributed by atoms with Crippen LogP contribution in [0.2, 0.25) is 0 Å². The van der Waals surface area contributed by atoms with E-state index in [2.05, 4.69) is 4.74 Å². The minimum absolute atomic E-state index is 0.0520. The van der Waals surface area contributed by atoms with Gasteiger partial charge in [0.05, 0.1) is 26.0 Å². The van der Waals surface area contributed by atoms with Crippen molar-refractivity contribution in [1.29, 1.82) is 0 Å². The van der Waals surface area contributed by atoms with Gasteiger partial charge >= 0.3 is 11.9 Å². The highest BCUT2D eigenvalue weighted by Crippen LogP contribution is 2.49. The Morgan fingerprint density at radius 3 is 1.65 bits per heavy atom. The summed E-state index contributed by atoms with van der Waals surface area (Å²) in [6.07, 6.45) is -0.375. The lowest BCUT2D eigenvalue weighted by atomic mass is 10.2. The van der Waals surface area contributed by atoms with E-state index in [1.54, 1.807) is 0 Å².